The van der Waals surface area contributed by atoms with Gasteiger partial charge in [0.2, 0.25) is 5.88 Å². The van der Waals surface area contributed by atoms with Gasteiger partial charge in [-0.3, -0.25) is 10.1 Å². The molecule has 2 aromatic heterocycles. The van der Waals surface area contributed by atoms with Gasteiger partial charge in [0.1, 0.15) is 6.20 Å². The zero-order valence-electron chi connectivity index (χ0n) is 10.3. The van der Waals surface area contributed by atoms with Gasteiger partial charge in [0.05, 0.1) is 4.92 Å². The highest BCUT2D eigenvalue weighted by Crippen LogP contribution is 2.32. The van der Waals surface area contributed by atoms with E-state index in [-0.39, 0.29) is 11.9 Å². The molecular formula is C10H5F5N4O3. The summed E-state index contributed by atoms with van der Waals surface area (Å²) in [5.74, 6) is -1.25. The van der Waals surface area contributed by atoms with Crippen LogP contribution in [0.25, 0.3) is 5.82 Å². The van der Waals surface area contributed by atoms with E-state index in [1.807, 2.05) is 0 Å². The van der Waals surface area contributed by atoms with Gasteiger partial charge >= 0.3 is 12.8 Å². The van der Waals surface area contributed by atoms with E-state index >= 15 is 0 Å². The number of halogens is 5. The van der Waals surface area contributed by atoms with Crippen LogP contribution < -0.4 is 4.74 Å². The second-order valence-electron chi connectivity index (χ2n) is 3.79. The van der Waals surface area contributed by atoms with Crippen molar-refractivity contribution in [3.05, 3.63) is 40.2 Å². The summed E-state index contributed by atoms with van der Waals surface area (Å²) in [6.07, 6.45) is -4.14. The zero-order valence-corrected chi connectivity index (χ0v) is 10.3. The van der Waals surface area contributed by atoms with Crippen molar-refractivity contribution in [2.24, 2.45) is 0 Å². The van der Waals surface area contributed by atoms with Crippen molar-refractivity contribution >= 4 is 5.69 Å². The number of hydrogen-bond acceptors (Lipinski definition) is 5. The summed E-state index contributed by atoms with van der Waals surface area (Å²) in [4.78, 5) is 13.2. The van der Waals surface area contributed by atoms with Gasteiger partial charge in [-0.2, -0.15) is 31.7 Å². The van der Waals surface area contributed by atoms with Crippen LogP contribution in [0.5, 0.6) is 5.88 Å². The lowest BCUT2D eigenvalue weighted by Gasteiger charge is -2.06. The van der Waals surface area contributed by atoms with Crippen molar-refractivity contribution in [3.8, 4) is 11.7 Å². The molecule has 0 saturated heterocycles. The molecule has 0 N–H and O–H groups in total. The summed E-state index contributed by atoms with van der Waals surface area (Å²) in [5, 5.41) is 13.5. The monoisotopic (exact) mass is 324 g/mol. The average molecular weight is 324 g/mol. The topological polar surface area (TPSA) is 83.1 Å². The first kappa shape index (κ1) is 15.6. The van der Waals surface area contributed by atoms with Gasteiger partial charge in [-0.25, -0.2) is 4.98 Å². The third-order valence-corrected chi connectivity index (χ3v) is 2.34. The Bertz CT molecular complexity index is 683. The maximum Gasteiger partial charge on any atom is 0.435 e. The first-order valence-electron chi connectivity index (χ1n) is 5.41. The van der Waals surface area contributed by atoms with Crippen LogP contribution in [0.1, 0.15) is 5.69 Å². The minimum Gasteiger partial charge on any atom is -0.417 e. The molecule has 7 nitrogen and oxygen atoms in total. The van der Waals surface area contributed by atoms with Gasteiger partial charge < -0.3 is 4.74 Å². The Morgan fingerprint density at radius 2 is 2.00 bits per heavy atom. The fraction of sp³-hybridized carbons (Fsp3) is 0.200. The molecule has 0 aromatic carbocycles. The lowest BCUT2D eigenvalue weighted by Crippen LogP contribution is -2.10. The highest BCUT2D eigenvalue weighted by Gasteiger charge is 2.36. The summed E-state index contributed by atoms with van der Waals surface area (Å²) in [6, 6.07) is 2.16. The standard InChI is InChI=1S/C10H5F5N4O3/c11-9(12)22-8-3-6(10(13,14)15)17-18(8)7-2-1-5(4-16-7)19(20)21/h1-4,9H. The van der Waals surface area contributed by atoms with Crippen molar-refractivity contribution < 1.29 is 31.6 Å². The molecule has 0 fully saturated rings. The van der Waals surface area contributed by atoms with E-state index in [0.29, 0.717) is 4.68 Å². The fourth-order valence-electron chi connectivity index (χ4n) is 1.45. The quantitative estimate of drug-likeness (QED) is 0.490. The molecule has 12 heteroatoms. The van der Waals surface area contributed by atoms with Gasteiger partial charge in [0, 0.05) is 12.1 Å². The van der Waals surface area contributed by atoms with E-state index in [0.717, 1.165) is 18.3 Å². The Labute approximate surface area is 118 Å². The van der Waals surface area contributed by atoms with Gasteiger partial charge in [-0.05, 0) is 6.07 Å². The largest absolute Gasteiger partial charge is 0.435 e. The lowest BCUT2D eigenvalue weighted by atomic mass is 10.4. The van der Waals surface area contributed by atoms with Crippen molar-refractivity contribution in [1.82, 2.24) is 14.8 Å². The van der Waals surface area contributed by atoms with E-state index in [2.05, 4.69) is 14.8 Å². The molecule has 2 heterocycles. The van der Waals surface area contributed by atoms with E-state index in [1.165, 1.54) is 0 Å². The number of nitro groups is 1. The summed E-state index contributed by atoms with van der Waals surface area (Å²) in [7, 11) is 0. The van der Waals surface area contributed by atoms with Gasteiger partial charge in [-0.15, -0.1) is 0 Å². The fourth-order valence-corrected chi connectivity index (χ4v) is 1.45. The average Bonchev–Trinajstić information content (AvgIpc) is 2.82. The van der Waals surface area contributed by atoms with Crippen molar-refractivity contribution in [1.29, 1.82) is 0 Å². The first-order chi connectivity index (χ1) is 10.2. The maximum atomic E-state index is 12.6. The second-order valence-corrected chi connectivity index (χ2v) is 3.79. The van der Waals surface area contributed by atoms with E-state index < -0.39 is 35.0 Å². The number of alkyl halides is 5. The minimum atomic E-state index is -4.88. The highest BCUT2D eigenvalue weighted by atomic mass is 19.4. The third-order valence-electron chi connectivity index (χ3n) is 2.34. The molecule has 2 aromatic rings. The number of nitrogens with zero attached hydrogens (tertiary/aromatic N) is 4. The maximum absolute atomic E-state index is 12.6. The smallest absolute Gasteiger partial charge is 0.417 e. The number of hydrogen-bond donors (Lipinski definition) is 0. The Morgan fingerprint density at radius 3 is 2.45 bits per heavy atom. The lowest BCUT2D eigenvalue weighted by molar-refractivity contribution is -0.385. The predicted molar refractivity (Wildman–Crippen MR) is 59.6 cm³/mol. The van der Waals surface area contributed by atoms with Crippen LogP contribution in [0, 0.1) is 10.1 Å². The molecule has 22 heavy (non-hydrogen) atoms. The molecule has 0 aliphatic rings. The number of ether oxygens (including phenoxy) is 1. The molecule has 0 amide bonds. The molecule has 0 saturated carbocycles. The zero-order chi connectivity index (χ0) is 16.5. The van der Waals surface area contributed by atoms with Crippen LogP contribution in [-0.4, -0.2) is 26.3 Å². The van der Waals surface area contributed by atoms with Crippen LogP contribution in [0.2, 0.25) is 0 Å². The van der Waals surface area contributed by atoms with Gasteiger partial charge in [0.25, 0.3) is 5.69 Å². The van der Waals surface area contributed by atoms with Crippen molar-refractivity contribution in [3.63, 3.8) is 0 Å². The van der Waals surface area contributed by atoms with Crippen molar-refractivity contribution in [2.75, 3.05) is 0 Å². The number of aromatic nitrogens is 3. The first-order valence-corrected chi connectivity index (χ1v) is 5.41. The van der Waals surface area contributed by atoms with Crippen LogP contribution >= 0.6 is 0 Å². The molecule has 0 atom stereocenters. The summed E-state index contributed by atoms with van der Waals surface area (Å²) in [6.45, 7) is -3.38. The van der Waals surface area contributed by atoms with Gasteiger partial charge in [-0.1, -0.05) is 0 Å². The SMILES string of the molecule is O=[N+]([O-])c1ccc(-n2nc(C(F)(F)F)cc2OC(F)F)nc1. The van der Waals surface area contributed by atoms with Crippen LogP contribution in [0.4, 0.5) is 27.6 Å². The van der Waals surface area contributed by atoms with E-state index in [4.69, 9.17) is 0 Å². The molecule has 0 spiro atoms. The molecule has 2 rings (SSSR count). The Balaban J connectivity index is 2.47. The van der Waals surface area contributed by atoms with E-state index in [1.54, 1.807) is 0 Å². The molecule has 0 bridgehead atoms. The molecule has 118 valence electrons. The second kappa shape index (κ2) is 5.54. The van der Waals surface area contributed by atoms with Gasteiger partial charge in [0.15, 0.2) is 11.5 Å². The Morgan fingerprint density at radius 1 is 1.32 bits per heavy atom. The van der Waals surface area contributed by atoms with Crippen LogP contribution in [-0.2, 0) is 6.18 Å². The van der Waals surface area contributed by atoms with E-state index in [9.17, 15) is 32.1 Å². The number of rotatable bonds is 4. The summed E-state index contributed by atoms with van der Waals surface area (Å²) >= 11 is 0. The summed E-state index contributed by atoms with van der Waals surface area (Å²) < 4.78 is 66.5. The third kappa shape index (κ3) is 3.27. The molecule has 0 unspecified atom stereocenters. The normalized spacial score (nSPS) is 11.7. The molecular weight excluding hydrogens is 319 g/mol. The predicted octanol–water partition coefficient (Wildman–Crippen LogP) is 2.80. The Hall–Kier alpha value is -2.79. The number of pyridine rings is 1. The molecule has 0 aliphatic carbocycles. The molecule has 0 radical (unpaired) electrons. The molecule has 0 aliphatic heterocycles. The highest BCUT2D eigenvalue weighted by molar-refractivity contribution is 5.36. The van der Waals surface area contributed by atoms with Crippen molar-refractivity contribution in [2.45, 2.75) is 12.8 Å². The van der Waals surface area contributed by atoms with Crippen LogP contribution in [0.15, 0.2) is 24.4 Å². The summed E-state index contributed by atoms with van der Waals surface area (Å²) in [5.41, 5.74) is -1.90. The Kier molecular flexibility index (Phi) is 3.93. The van der Waals surface area contributed by atoms with Crippen LogP contribution in [0.3, 0.4) is 0 Å². The minimum absolute atomic E-state index is 0.273.